The van der Waals surface area contributed by atoms with Crippen LogP contribution in [0.2, 0.25) is 0 Å². The molecule has 0 radical (unpaired) electrons. The monoisotopic (exact) mass is 851 g/mol. The molecule has 0 spiro atoms. The van der Waals surface area contributed by atoms with Crippen molar-refractivity contribution < 1.29 is 28.6 Å². The van der Waals surface area contributed by atoms with Crippen molar-refractivity contribution >= 4 is 17.9 Å². The molecule has 0 rings (SSSR count). The summed E-state index contributed by atoms with van der Waals surface area (Å²) in [6.45, 7) is 6.43. The van der Waals surface area contributed by atoms with Crippen molar-refractivity contribution in [2.75, 3.05) is 13.2 Å². The van der Waals surface area contributed by atoms with Crippen LogP contribution in [0.3, 0.4) is 0 Å². The number of unbranched alkanes of at least 4 members (excludes halogenated alkanes) is 22. The van der Waals surface area contributed by atoms with Gasteiger partial charge in [0.15, 0.2) is 6.10 Å². The van der Waals surface area contributed by atoms with Gasteiger partial charge in [-0.3, -0.25) is 14.4 Å². The fourth-order valence-corrected chi connectivity index (χ4v) is 6.87. The van der Waals surface area contributed by atoms with Crippen molar-refractivity contribution in [1.29, 1.82) is 0 Å². The molecule has 0 aliphatic heterocycles. The summed E-state index contributed by atoms with van der Waals surface area (Å²) in [7, 11) is 0. The first-order valence-electron chi connectivity index (χ1n) is 25.4. The fraction of sp³-hybridized carbons (Fsp3) is 0.727. The van der Waals surface area contributed by atoms with E-state index in [1.807, 2.05) is 0 Å². The van der Waals surface area contributed by atoms with E-state index in [0.29, 0.717) is 19.3 Å². The summed E-state index contributed by atoms with van der Waals surface area (Å²) in [4.78, 5) is 37.7. The molecule has 1 unspecified atom stereocenters. The van der Waals surface area contributed by atoms with E-state index in [-0.39, 0.29) is 31.1 Å². The molecular formula is C55H94O6. The van der Waals surface area contributed by atoms with Crippen LogP contribution in [0.25, 0.3) is 0 Å². The number of carbonyl (C=O) groups excluding carboxylic acids is 3. The van der Waals surface area contributed by atoms with Crippen molar-refractivity contribution in [2.45, 2.75) is 245 Å². The highest BCUT2D eigenvalue weighted by Gasteiger charge is 2.19. The van der Waals surface area contributed by atoms with Crippen LogP contribution in [0.15, 0.2) is 72.9 Å². The van der Waals surface area contributed by atoms with Crippen LogP contribution in [-0.2, 0) is 28.6 Å². The van der Waals surface area contributed by atoms with Crippen LogP contribution >= 0.6 is 0 Å². The van der Waals surface area contributed by atoms with Gasteiger partial charge in [0, 0.05) is 19.3 Å². The molecule has 0 bridgehead atoms. The lowest BCUT2D eigenvalue weighted by Gasteiger charge is -2.18. The number of ether oxygens (including phenoxy) is 3. The Morgan fingerprint density at radius 1 is 0.344 bits per heavy atom. The second-order valence-corrected chi connectivity index (χ2v) is 16.7. The lowest BCUT2D eigenvalue weighted by Crippen LogP contribution is -2.30. The summed E-state index contributed by atoms with van der Waals surface area (Å²) in [5.41, 5.74) is 0. The highest BCUT2D eigenvalue weighted by atomic mass is 16.6. The Morgan fingerprint density at radius 2 is 0.639 bits per heavy atom. The predicted molar refractivity (Wildman–Crippen MR) is 261 cm³/mol. The molecule has 0 fully saturated rings. The van der Waals surface area contributed by atoms with Gasteiger partial charge in [-0.05, 0) is 89.9 Å². The van der Waals surface area contributed by atoms with Gasteiger partial charge in [0.25, 0.3) is 0 Å². The SMILES string of the molecule is CC/C=C\C/C=C\C/C=C\C/C=C\CCCCCCCCC(=O)OCC(COC(=O)CCCCCCCC)OC(=O)CCCCCCCCC/C=C\C/C=C\CCCCCC. The molecule has 0 saturated heterocycles. The Bertz CT molecular complexity index is 1160. The normalized spacial score (nSPS) is 12.6. The number of esters is 3. The fourth-order valence-electron chi connectivity index (χ4n) is 6.87. The van der Waals surface area contributed by atoms with Gasteiger partial charge in [-0.25, -0.2) is 0 Å². The quantitative estimate of drug-likeness (QED) is 0.0263. The number of carbonyl (C=O) groups is 3. The van der Waals surface area contributed by atoms with E-state index >= 15 is 0 Å². The van der Waals surface area contributed by atoms with Gasteiger partial charge in [-0.2, -0.15) is 0 Å². The van der Waals surface area contributed by atoms with E-state index in [2.05, 4.69) is 93.7 Å². The summed E-state index contributed by atoms with van der Waals surface area (Å²) < 4.78 is 16.7. The topological polar surface area (TPSA) is 78.9 Å². The molecular weight excluding hydrogens is 757 g/mol. The van der Waals surface area contributed by atoms with Gasteiger partial charge >= 0.3 is 17.9 Å². The zero-order valence-corrected chi connectivity index (χ0v) is 39.9. The highest BCUT2D eigenvalue weighted by Crippen LogP contribution is 2.14. The Morgan fingerprint density at radius 3 is 1.02 bits per heavy atom. The summed E-state index contributed by atoms with van der Waals surface area (Å²) >= 11 is 0. The molecule has 0 heterocycles. The van der Waals surface area contributed by atoms with Crippen LogP contribution in [0, 0.1) is 0 Å². The minimum atomic E-state index is -0.782. The average molecular weight is 851 g/mol. The zero-order valence-electron chi connectivity index (χ0n) is 39.9. The summed E-state index contributed by atoms with van der Waals surface area (Å²) in [6, 6.07) is 0. The smallest absolute Gasteiger partial charge is 0.306 e. The molecule has 0 aliphatic carbocycles. The second kappa shape index (κ2) is 49.5. The Labute approximate surface area is 376 Å². The van der Waals surface area contributed by atoms with Crippen LogP contribution in [0.1, 0.15) is 239 Å². The number of hydrogen-bond acceptors (Lipinski definition) is 6. The molecule has 0 aromatic carbocycles. The van der Waals surface area contributed by atoms with Crippen LogP contribution < -0.4 is 0 Å². The Kier molecular flexibility index (Phi) is 46.9. The van der Waals surface area contributed by atoms with E-state index in [1.54, 1.807) is 0 Å². The van der Waals surface area contributed by atoms with E-state index in [9.17, 15) is 14.4 Å². The average Bonchev–Trinajstić information content (AvgIpc) is 3.26. The van der Waals surface area contributed by atoms with Crippen molar-refractivity contribution in [3.8, 4) is 0 Å². The van der Waals surface area contributed by atoms with Crippen molar-refractivity contribution in [3.05, 3.63) is 72.9 Å². The van der Waals surface area contributed by atoms with E-state index in [0.717, 1.165) is 103 Å². The minimum Gasteiger partial charge on any atom is -0.462 e. The van der Waals surface area contributed by atoms with Gasteiger partial charge in [0.05, 0.1) is 0 Å². The van der Waals surface area contributed by atoms with Gasteiger partial charge < -0.3 is 14.2 Å². The molecule has 1 atom stereocenters. The standard InChI is InChI=1S/C55H94O6/c1-4-7-10-13-16-18-20-22-24-26-28-30-31-33-35-37-39-42-45-48-54(57)60-51-52(50-59-53(56)47-44-41-15-12-9-6-3)61-55(58)49-46-43-40-38-36-34-32-29-27-25-23-21-19-17-14-11-8-5-2/h7,10,16,18-19,21-22,24-25,27-28,30,52H,4-6,8-9,11-15,17,20,23,26,29,31-51H2,1-3H3/b10-7-,18-16-,21-19-,24-22-,27-25-,30-28-. The maximum atomic E-state index is 12.7. The largest absolute Gasteiger partial charge is 0.462 e. The molecule has 0 aromatic rings. The van der Waals surface area contributed by atoms with E-state index < -0.39 is 6.10 Å². The molecule has 0 aliphatic rings. The zero-order chi connectivity index (χ0) is 44.4. The highest BCUT2D eigenvalue weighted by molar-refractivity contribution is 5.71. The third-order valence-corrected chi connectivity index (χ3v) is 10.7. The van der Waals surface area contributed by atoms with Crippen LogP contribution in [-0.4, -0.2) is 37.2 Å². The minimum absolute atomic E-state index is 0.0837. The Balaban J connectivity index is 4.26. The van der Waals surface area contributed by atoms with Crippen molar-refractivity contribution in [1.82, 2.24) is 0 Å². The first-order chi connectivity index (χ1) is 30.0. The first kappa shape index (κ1) is 57.9. The predicted octanol–water partition coefficient (Wildman–Crippen LogP) is 16.6. The maximum absolute atomic E-state index is 12.7. The number of hydrogen-bond donors (Lipinski definition) is 0. The molecule has 0 N–H and O–H groups in total. The summed E-state index contributed by atoms with van der Waals surface area (Å²) in [5, 5.41) is 0. The molecule has 0 aromatic heterocycles. The van der Waals surface area contributed by atoms with Crippen molar-refractivity contribution in [3.63, 3.8) is 0 Å². The molecule has 0 saturated carbocycles. The van der Waals surface area contributed by atoms with Crippen molar-refractivity contribution in [2.24, 2.45) is 0 Å². The summed E-state index contributed by atoms with van der Waals surface area (Å²) in [5.74, 6) is -0.915. The molecule has 350 valence electrons. The molecule has 61 heavy (non-hydrogen) atoms. The Hall–Kier alpha value is -3.15. The lowest BCUT2D eigenvalue weighted by molar-refractivity contribution is -0.167. The first-order valence-corrected chi connectivity index (χ1v) is 25.4. The third kappa shape index (κ3) is 47.7. The third-order valence-electron chi connectivity index (χ3n) is 10.7. The van der Waals surface area contributed by atoms with Crippen LogP contribution in [0.4, 0.5) is 0 Å². The van der Waals surface area contributed by atoms with E-state index in [1.165, 1.54) is 96.3 Å². The van der Waals surface area contributed by atoms with Gasteiger partial charge in [-0.1, -0.05) is 203 Å². The van der Waals surface area contributed by atoms with E-state index in [4.69, 9.17) is 14.2 Å². The number of rotatable bonds is 45. The lowest BCUT2D eigenvalue weighted by atomic mass is 10.1. The van der Waals surface area contributed by atoms with Gasteiger partial charge in [0.2, 0.25) is 0 Å². The van der Waals surface area contributed by atoms with Crippen LogP contribution in [0.5, 0.6) is 0 Å². The molecule has 6 heteroatoms. The summed E-state index contributed by atoms with van der Waals surface area (Å²) in [6.07, 6.45) is 61.9. The van der Waals surface area contributed by atoms with Gasteiger partial charge in [-0.15, -0.1) is 0 Å². The second-order valence-electron chi connectivity index (χ2n) is 16.7. The maximum Gasteiger partial charge on any atom is 0.306 e. The number of allylic oxidation sites excluding steroid dienone is 12. The molecule has 6 nitrogen and oxygen atoms in total. The van der Waals surface area contributed by atoms with Gasteiger partial charge in [0.1, 0.15) is 13.2 Å². The molecule has 0 amide bonds.